The van der Waals surface area contributed by atoms with Gasteiger partial charge in [0.15, 0.2) is 5.82 Å². The molecule has 2 heterocycles. The van der Waals surface area contributed by atoms with Crippen molar-refractivity contribution < 1.29 is 23.8 Å². The zero-order valence-electron chi connectivity index (χ0n) is 21.8. The molecule has 10 heteroatoms. The van der Waals surface area contributed by atoms with Crippen LogP contribution in [0.4, 0.5) is 10.2 Å². The van der Waals surface area contributed by atoms with Crippen molar-refractivity contribution in [2.24, 2.45) is 5.73 Å². The Morgan fingerprint density at radius 3 is 2.49 bits per heavy atom. The lowest BCUT2D eigenvalue weighted by Gasteiger charge is -2.21. The van der Waals surface area contributed by atoms with Crippen molar-refractivity contribution in [3.8, 4) is 11.6 Å². The van der Waals surface area contributed by atoms with Crippen LogP contribution >= 0.6 is 0 Å². The van der Waals surface area contributed by atoms with E-state index in [-0.39, 0.29) is 36.2 Å². The number of nitrogens with one attached hydrogen (secondary N) is 1. The molecule has 2 unspecified atom stereocenters. The van der Waals surface area contributed by atoms with Crippen molar-refractivity contribution in [2.75, 3.05) is 24.6 Å². The molecule has 2 atom stereocenters. The maximum absolute atomic E-state index is 14.9. The number of hydrogen-bond acceptors (Lipinski definition) is 8. The van der Waals surface area contributed by atoms with E-state index in [1.807, 2.05) is 31.2 Å². The zero-order chi connectivity index (χ0) is 26.6. The molecule has 2 saturated carbocycles. The van der Waals surface area contributed by atoms with Crippen LogP contribution in [0, 0.1) is 5.82 Å². The van der Waals surface area contributed by atoms with Gasteiger partial charge >= 0.3 is 0 Å². The highest BCUT2D eigenvalue weighted by molar-refractivity contribution is 5.83. The highest BCUT2D eigenvalue weighted by Crippen LogP contribution is 2.29. The summed E-state index contributed by atoms with van der Waals surface area (Å²) in [5.41, 5.74) is 5.06. The van der Waals surface area contributed by atoms with Gasteiger partial charge in [0.2, 0.25) is 11.7 Å². The Labute approximate surface area is 217 Å². The first-order valence-corrected chi connectivity index (χ1v) is 13.0. The van der Waals surface area contributed by atoms with Crippen LogP contribution in [-0.4, -0.2) is 64.5 Å². The van der Waals surface area contributed by atoms with Crippen LogP contribution in [0.25, 0.3) is 0 Å². The van der Waals surface area contributed by atoms with Gasteiger partial charge in [-0.3, -0.25) is 4.79 Å². The summed E-state index contributed by atoms with van der Waals surface area (Å²) >= 11 is 0. The third-order valence-corrected chi connectivity index (χ3v) is 6.37. The van der Waals surface area contributed by atoms with E-state index >= 15 is 0 Å². The lowest BCUT2D eigenvalue weighted by molar-refractivity contribution is -0.122. The Morgan fingerprint density at radius 1 is 1.22 bits per heavy atom. The van der Waals surface area contributed by atoms with Crippen LogP contribution in [0.5, 0.6) is 11.6 Å². The van der Waals surface area contributed by atoms with E-state index in [1.54, 1.807) is 18.7 Å². The molecule has 1 aliphatic heterocycles. The van der Waals surface area contributed by atoms with E-state index in [0.717, 1.165) is 18.4 Å². The fourth-order valence-electron chi connectivity index (χ4n) is 3.76. The molecular formula is C27H38FN5O4. The second-order valence-corrected chi connectivity index (χ2v) is 10.8. The highest BCUT2D eigenvalue weighted by Gasteiger charge is 2.29. The second kappa shape index (κ2) is 11.6. The molecule has 0 spiro atoms. The first-order valence-electron chi connectivity index (χ1n) is 13.0. The van der Waals surface area contributed by atoms with Crippen LogP contribution < -0.4 is 25.4 Å². The molecular weight excluding hydrogens is 477 g/mol. The van der Waals surface area contributed by atoms with Gasteiger partial charge in [0.1, 0.15) is 24.8 Å². The summed E-state index contributed by atoms with van der Waals surface area (Å²) in [6.07, 6.45) is 6.51. The van der Waals surface area contributed by atoms with Gasteiger partial charge in [-0.25, -0.2) is 4.98 Å². The standard InChI is InChI=1S/C24H31FN4O4.C3H7N/c1-15(22(30)28-17-6-7-17)16-4-8-18(9-5-16)33-19-10-11-29(12-19)21-20(25)23(27-14-26-21)32-13-24(2,3)31;4-3-1-2-3/h4-5,8-9,14-15,17,19,31H,6-7,10-13H2,1-3H3,(H,28,30);3H,1-2,4H2. The molecule has 4 N–H and O–H groups in total. The highest BCUT2D eigenvalue weighted by atomic mass is 19.1. The lowest BCUT2D eigenvalue weighted by atomic mass is 10.0. The molecule has 9 nitrogen and oxygen atoms in total. The molecule has 0 bridgehead atoms. The molecule has 3 fully saturated rings. The van der Waals surface area contributed by atoms with E-state index in [0.29, 0.717) is 37.3 Å². The molecule has 1 saturated heterocycles. The third kappa shape index (κ3) is 8.26. The smallest absolute Gasteiger partial charge is 0.255 e. The molecule has 0 radical (unpaired) electrons. The minimum atomic E-state index is -1.10. The van der Waals surface area contributed by atoms with Crippen LogP contribution in [0.15, 0.2) is 30.6 Å². The van der Waals surface area contributed by atoms with E-state index < -0.39 is 11.4 Å². The maximum atomic E-state index is 14.9. The number of carbonyl (C=O) groups is 1. The maximum Gasteiger partial charge on any atom is 0.255 e. The number of hydrogen-bond donors (Lipinski definition) is 3. The molecule has 2 aliphatic carbocycles. The molecule has 1 aromatic carbocycles. The van der Waals surface area contributed by atoms with E-state index in [9.17, 15) is 14.3 Å². The number of carbonyl (C=O) groups excluding carboxylic acids is 1. The number of amides is 1. The van der Waals surface area contributed by atoms with E-state index in [4.69, 9.17) is 15.2 Å². The Hall–Kier alpha value is -2.98. The molecule has 1 amide bonds. The number of rotatable bonds is 9. The molecule has 1 aromatic heterocycles. The third-order valence-electron chi connectivity index (χ3n) is 6.37. The van der Waals surface area contributed by atoms with Crippen molar-refractivity contribution in [1.29, 1.82) is 0 Å². The van der Waals surface area contributed by atoms with Crippen molar-refractivity contribution >= 4 is 11.7 Å². The molecule has 5 rings (SSSR count). The largest absolute Gasteiger partial charge is 0.489 e. The van der Waals surface area contributed by atoms with Crippen LogP contribution in [0.2, 0.25) is 0 Å². The fraction of sp³-hybridized carbons (Fsp3) is 0.593. The van der Waals surface area contributed by atoms with Gasteiger partial charge in [0.25, 0.3) is 5.88 Å². The zero-order valence-corrected chi connectivity index (χ0v) is 21.8. The predicted molar refractivity (Wildman–Crippen MR) is 138 cm³/mol. The fourth-order valence-corrected chi connectivity index (χ4v) is 3.76. The summed E-state index contributed by atoms with van der Waals surface area (Å²) in [5, 5.41) is 12.8. The summed E-state index contributed by atoms with van der Waals surface area (Å²) in [4.78, 5) is 22.0. The average Bonchev–Trinajstić information content (AvgIpc) is 3.79. The van der Waals surface area contributed by atoms with Crippen molar-refractivity contribution in [3.05, 3.63) is 42.0 Å². The minimum absolute atomic E-state index is 0.0513. The SMILES string of the molecule is CC(C(=O)NC1CC1)c1ccc(OC2CCN(c3ncnc(OCC(C)(C)O)c3F)C2)cc1.NC1CC1. The first kappa shape index (κ1) is 27.1. The summed E-state index contributed by atoms with van der Waals surface area (Å²) in [6, 6.07) is 8.49. The number of nitrogens with zero attached hydrogens (tertiary/aromatic N) is 3. The normalized spacial score (nSPS) is 20.1. The molecule has 3 aliphatic rings. The van der Waals surface area contributed by atoms with Gasteiger partial charge in [0.05, 0.1) is 18.1 Å². The predicted octanol–water partition coefficient (Wildman–Crippen LogP) is 2.91. The molecule has 37 heavy (non-hydrogen) atoms. The number of ether oxygens (including phenoxy) is 2. The van der Waals surface area contributed by atoms with E-state index in [2.05, 4.69) is 15.3 Å². The summed E-state index contributed by atoms with van der Waals surface area (Å²) in [6.45, 7) is 6.03. The van der Waals surface area contributed by atoms with Gasteiger partial charge in [-0.2, -0.15) is 9.37 Å². The summed E-state index contributed by atoms with van der Waals surface area (Å²) < 4.78 is 26.3. The summed E-state index contributed by atoms with van der Waals surface area (Å²) in [5.74, 6) is -0.122. The number of benzene rings is 1. The number of nitrogens with two attached hydrogens (primary N) is 1. The Bertz CT molecular complexity index is 1050. The van der Waals surface area contributed by atoms with Gasteiger partial charge in [-0.1, -0.05) is 12.1 Å². The van der Waals surface area contributed by atoms with E-state index in [1.165, 1.54) is 19.2 Å². The van der Waals surface area contributed by atoms with Crippen molar-refractivity contribution in [3.63, 3.8) is 0 Å². The minimum Gasteiger partial charge on any atom is -0.489 e. The Kier molecular flexibility index (Phi) is 8.49. The lowest BCUT2D eigenvalue weighted by Crippen LogP contribution is -2.29. The van der Waals surface area contributed by atoms with Gasteiger partial charge < -0.3 is 30.5 Å². The van der Waals surface area contributed by atoms with Crippen LogP contribution in [-0.2, 0) is 4.79 Å². The number of aliphatic hydroxyl groups is 1. The van der Waals surface area contributed by atoms with Crippen molar-refractivity contribution in [1.82, 2.24) is 15.3 Å². The quantitative estimate of drug-likeness (QED) is 0.466. The topological polar surface area (TPSA) is 123 Å². The Morgan fingerprint density at radius 2 is 1.89 bits per heavy atom. The average molecular weight is 516 g/mol. The van der Waals surface area contributed by atoms with Gasteiger partial charge in [0, 0.05) is 25.0 Å². The Balaban J connectivity index is 0.000000730. The molecule has 202 valence electrons. The number of aromatic nitrogens is 2. The first-order chi connectivity index (χ1) is 17.6. The monoisotopic (exact) mass is 515 g/mol. The molecule has 2 aromatic rings. The van der Waals surface area contributed by atoms with Crippen LogP contribution in [0.3, 0.4) is 0 Å². The second-order valence-electron chi connectivity index (χ2n) is 10.8. The van der Waals surface area contributed by atoms with Crippen LogP contribution in [0.1, 0.15) is 64.4 Å². The number of anilines is 1. The van der Waals surface area contributed by atoms with Crippen molar-refractivity contribution in [2.45, 2.75) is 82.6 Å². The number of halogens is 1. The summed E-state index contributed by atoms with van der Waals surface area (Å²) in [7, 11) is 0. The van der Waals surface area contributed by atoms with Gasteiger partial charge in [-0.15, -0.1) is 0 Å². The van der Waals surface area contributed by atoms with Gasteiger partial charge in [-0.05, 0) is 64.2 Å².